The number of nitrogens with two attached hydrogens (primary N) is 2. The zero-order valence-electron chi connectivity index (χ0n) is 10.4. The molecule has 0 saturated heterocycles. The van der Waals surface area contributed by atoms with E-state index in [1.165, 1.54) is 18.2 Å². The summed E-state index contributed by atoms with van der Waals surface area (Å²) in [6.07, 6.45) is 3.02. The number of rotatable bonds is 4. The molecule has 0 unspecified atom stereocenters. The van der Waals surface area contributed by atoms with E-state index >= 15 is 0 Å². The third kappa shape index (κ3) is 3.24. The van der Waals surface area contributed by atoms with Crippen LogP contribution in [0.1, 0.15) is 36.0 Å². The fourth-order valence-electron chi connectivity index (χ4n) is 2.10. The van der Waals surface area contributed by atoms with E-state index in [1.807, 2.05) is 0 Å². The van der Waals surface area contributed by atoms with E-state index in [0.717, 1.165) is 19.3 Å². The molecule has 1 fully saturated rings. The minimum atomic E-state index is -0.568. The summed E-state index contributed by atoms with van der Waals surface area (Å²) in [5, 5.41) is 3.03. The Morgan fingerprint density at radius 3 is 2.58 bits per heavy atom. The second-order valence-corrected chi connectivity index (χ2v) is 5.41. The van der Waals surface area contributed by atoms with Crippen molar-refractivity contribution in [2.24, 2.45) is 11.5 Å². The van der Waals surface area contributed by atoms with E-state index in [9.17, 15) is 9.59 Å². The fourth-order valence-corrected chi connectivity index (χ4v) is 2.26. The molecule has 1 saturated carbocycles. The van der Waals surface area contributed by atoms with Crippen LogP contribution >= 0.6 is 11.6 Å². The van der Waals surface area contributed by atoms with Gasteiger partial charge in [0.15, 0.2) is 0 Å². The van der Waals surface area contributed by atoms with Crippen molar-refractivity contribution in [3.63, 3.8) is 0 Å². The Labute approximate surface area is 116 Å². The Bertz CT molecular complexity index is 527. The zero-order chi connectivity index (χ0) is 14.0. The Morgan fingerprint density at radius 1 is 1.37 bits per heavy atom. The first kappa shape index (κ1) is 13.8. The summed E-state index contributed by atoms with van der Waals surface area (Å²) in [6, 6.07) is 4.50. The molecule has 1 aromatic rings. The van der Waals surface area contributed by atoms with Crippen LogP contribution in [0.2, 0.25) is 5.02 Å². The summed E-state index contributed by atoms with van der Waals surface area (Å²) in [4.78, 5) is 23.0. The van der Waals surface area contributed by atoms with Crippen molar-refractivity contribution >= 4 is 29.1 Å². The van der Waals surface area contributed by atoms with E-state index in [1.54, 1.807) is 0 Å². The van der Waals surface area contributed by atoms with Crippen LogP contribution in [0.15, 0.2) is 18.2 Å². The maximum atomic E-state index is 11.9. The van der Waals surface area contributed by atoms with Crippen molar-refractivity contribution in [2.75, 3.05) is 5.32 Å². The molecule has 1 aliphatic rings. The number of benzene rings is 1. The van der Waals surface area contributed by atoms with Gasteiger partial charge in [0.1, 0.15) is 0 Å². The fraction of sp³-hybridized carbons (Fsp3) is 0.385. The number of carbonyl (C=O) groups is 2. The predicted octanol–water partition coefficient (Wildman–Crippen LogP) is 1.65. The van der Waals surface area contributed by atoms with Gasteiger partial charge in [-0.3, -0.25) is 9.59 Å². The zero-order valence-corrected chi connectivity index (χ0v) is 11.2. The van der Waals surface area contributed by atoms with Crippen LogP contribution in [-0.4, -0.2) is 17.4 Å². The average Bonchev–Trinajstić information content (AvgIpc) is 2.29. The van der Waals surface area contributed by atoms with Crippen molar-refractivity contribution in [1.29, 1.82) is 0 Å². The largest absolute Gasteiger partial charge is 0.366 e. The van der Waals surface area contributed by atoms with Crippen molar-refractivity contribution in [2.45, 2.75) is 31.2 Å². The Morgan fingerprint density at radius 2 is 2.05 bits per heavy atom. The third-order valence-electron chi connectivity index (χ3n) is 3.39. The molecule has 5 nitrogen and oxygen atoms in total. The van der Waals surface area contributed by atoms with Gasteiger partial charge in [0.05, 0.1) is 10.7 Å². The van der Waals surface area contributed by atoms with E-state index in [2.05, 4.69) is 5.32 Å². The molecule has 1 aliphatic carbocycles. The maximum absolute atomic E-state index is 11.9. The second kappa shape index (κ2) is 5.19. The number of nitrogens with one attached hydrogen (secondary N) is 1. The van der Waals surface area contributed by atoms with Crippen LogP contribution < -0.4 is 16.8 Å². The van der Waals surface area contributed by atoms with Crippen molar-refractivity contribution in [3.8, 4) is 0 Å². The maximum Gasteiger partial charge on any atom is 0.248 e. The highest BCUT2D eigenvalue weighted by atomic mass is 35.5. The number of primary amides is 1. The monoisotopic (exact) mass is 281 g/mol. The normalized spacial score (nSPS) is 16.5. The lowest BCUT2D eigenvalue weighted by molar-refractivity contribution is -0.118. The van der Waals surface area contributed by atoms with Crippen molar-refractivity contribution < 1.29 is 9.59 Å². The van der Waals surface area contributed by atoms with Gasteiger partial charge < -0.3 is 16.8 Å². The van der Waals surface area contributed by atoms with E-state index < -0.39 is 11.4 Å². The Kier molecular flexibility index (Phi) is 3.78. The number of carbonyl (C=O) groups excluding carboxylic acids is 2. The molecule has 102 valence electrons. The summed E-state index contributed by atoms with van der Waals surface area (Å²) in [7, 11) is 0. The molecule has 1 aromatic carbocycles. The highest BCUT2D eigenvalue weighted by Gasteiger charge is 2.34. The van der Waals surface area contributed by atoms with Gasteiger partial charge in [-0.25, -0.2) is 0 Å². The first-order valence-electron chi connectivity index (χ1n) is 6.08. The molecule has 0 radical (unpaired) electrons. The van der Waals surface area contributed by atoms with Crippen LogP contribution in [0.5, 0.6) is 0 Å². The molecule has 0 aromatic heterocycles. The van der Waals surface area contributed by atoms with Crippen LogP contribution in [0.3, 0.4) is 0 Å². The SMILES string of the molecule is NC(=O)c1ccc(Cl)c(NC(=O)CC2(N)CCC2)c1. The van der Waals surface area contributed by atoms with Crippen LogP contribution in [-0.2, 0) is 4.79 Å². The topological polar surface area (TPSA) is 98.2 Å². The minimum Gasteiger partial charge on any atom is -0.366 e. The molecule has 0 bridgehead atoms. The van der Waals surface area contributed by atoms with Gasteiger partial charge in [0, 0.05) is 17.5 Å². The van der Waals surface area contributed by atoms with Crippen molar-refractivity contribution in [1.82, 2.24) is 0 Å². The summed E-state index contributed by atoms with van der Waals surface area (Å²) in [5.41, 5.74) is 11.5. The lowest BCUT2D eigenvalue weighted by Gasteiger charge is -2.37. The quantitative estimate of drug-likeness (QED) is 0.782. The Balaban J connectivity index is 2.07. The summed E-state index contributed by atoms with van der Waals surface area (Å²) < 4.78 is 0. The summed E-state index contributed by atoms with van der Waals surface area (Å²) >= 11 is 5.97. The van der Waals surface area contributed by atoms with Crippen LogP contribution in [0.4, 0.5) is 5.69 Å². The van der Waals surface area contributed by atoms with Gasteiger partial charge in [-0.1, -0.05) is 11.6 Å². The molecular weight excluding hydrogens is 266 g/mol. The molecular formula is C13H16ClN3O2. The third-order valence-corrected chi connectivity index (χ3v) is 3.72. The minimum absolute atomic E-state index is 0.203. The highest BCUT2D eigenvalue weighted by Crippen LogP contribution is 2.32. The van der Waals surface area contributed by atoms with Gasteiger partial charge in [-0.15, -0.1) is 0 Å². The summed E-state index contributed by atoms with van der Waals surface area (Å²) in [6.45, 7) is 0. The van der Waals surface area contributed by atoms with Crippen LogP contribution in [0.25, 0.3) is 0 Å². The van der Waals surface area contributed by atoms with E-state index in [4.69, 9.17) is 23.1 Å². The number of amides is 2. The first-order valence-corrected chi connectivity index (χ1v) is 6.45. The lowest BCUT2D eigenvalue weighted by Crippen LogP contribution is -2.48. The molecule has 2 amide bonds. The van der Waals surface area contributed by atoms with Gasteiger partial charge >= 0.3 is 0 Å². The molecule has 0 spiro atoms. The standard InChI is InChI=1S/C13H16ClN3O2/c14-9-3-2-8(12(15)19)6-10(9)17-11(18)7-13(16)4-1-5-13/h2-3,6H,1,4-5,7,16H2,(H2,15,19)(H,17,18). The lowest BCUT2D eigenvalue weighted by atomic mass is 9.75. The number of anilines is 1. The van der Waals surface area contributed by atoms with Gasteiger partial charge in [0.25, 0.3) is 0 Å². The van der Waals surface area contributed by atoms with Crippen molar-refractivity contribution in [3.05, 3.63) is 28.8 Å². The molecule has 0 atom stereocenters. The average molecular weight is 282 g/mol. The van der Waals surface area contributed by atoms with Gasteiger partial charge in [-0.2, -0.15) is 0 Å². The van der Waals surface area contributed by atoms with Crippen LogP contribution in [0, 0.1) is 0 Å². The Hall–Kier alpha value is -1.59. The molecule has 19 heavy (non-hydrogen) atoms. The number of hydrogen-bond acceptors (Lipinski definition) is 3. The second-order valence-electron chi connectivity index (χ2n) is 5.00. The molecule has 5 N–H and O–H groups in total. The first-order chi connectivity index (χ1) is 8.89. The van der Waals surface area contributed by atoms with Gasteiger partial charge in [0.2, 0.25) is 11.8 Å². The number of halogens is 1. The summed E-state index contributed by atoms with van der Waals surface area (Å²) in [5.74, 6) is -0.771. The molecule has 0 heterocycles. The molecule has 6 heteroatoms. The molecule has 2 rings (SSSR count). The highest BCUT2D eigenvalue weighted by molar-refractivity contribution is 6.33. The van der Waals surface area contributed by atoms with E-state index in [-0.39, 0.29) is 12.3 Å². The predicted molar refractivity (Wildman–Crippen MR) is 74.0 cm³/mol. The molecule has 0 aliphatic heterocycles. The number of hydrogen-bond donors (Lipinski definition) is 3. The smallest absolute Gasteiger partial charge is 0.248 e. The van der Waals surface area contributed by atoms with Gasteiger partial charge in [-0.05, 0) is 37.5 Å². The van der Waals surface area contributed by atoms with E-state index in [0.29, 0.717) is 16.3 Å².